The molecule has 0 heterocycles. The number of phosphoric acid groups is 1. The van der Waals surface area contributed by atoms with Gasteiger partial charge in [0.2, 0.25) is 5.91 Å². The molecule has 0 aromatic heterocycles. The van der Waals surface area contributed by atoms with Crippen LogP contribution in [0.15, 0.2) is 36.5 Å². The van der Waals surface area contributed by atoms with Crippen LogP contribution in [0.3, 0.4) is 0 Å². The van der Waals surface area contributed by atoms with Crippen molar-refractivity contribution < 1.29 is 33.5 Å². The van der Waals surface area contributed by atoms with Crippen molar-refractivity contribution in [3.63, 3.8) is 0 Å². The van der Waals surface area contributed by atoms with Gasteiger partial charge in [0.15, 0.2) is 0 Å². The van der Waals surface area contributed by atoms with Crippen molar-refractivity contribution in [3.8, 4) is 0 Å². The number of hydrogen-bond acceptors (Lipinski definition) is 7. The van der Waals surface area contributed by atoms with Gasteiger partial charge in [-0.1, -0.05) is 153 Å². The van der Waals surface area contributed by atoms with Crippen LogP contribution in [0.4, 0.5) is 0 Å². The monoisotopic (exact) mass is 715 g/mol. The highest BCUT2D eigenvalue weighted by Gasteiger charge is 2.27. The number of aliphatic hydroxyl groups is 2. The van der Waals surface area contributed by atoms with Gasteiger partial charge in [-0.05, 0) is 44.9 Å². The molecular formula is C39H75N2O7P. The smallest absolute Gasteiger partial charge is 0.393 e. The number of nitrogens with one attached hydrogen (secondary N) is 1. The van der Waals surface area contributed by atoms with Crippen molar-refractivity contribution in [2.24, 2.45) is 5.73 Å². The minimum Gasteiger partial charge on any atom is -0.393 e. The van der Waals surface area contributed by atoms with E-state index in [0.29, 0.717) is 6.42 Å². The topological polar surface area (TPSA) is 151 Å². The van der Waals surface area contributed by atoms with E-state index in [1.54, 1.807) is 6.08 Å². The molecule has 0 saturated carbocycles. The van der Waals surface area contributed by atoms with E-state index in [-0.39, 0.29) is 19.6 Å². The van der Waals surface area contributed by atoms with Crippen LogP contribution in [0.2, 0.25) is 0 Å². The van der Waals surface area contributed by atoms with Gasteiger partial charge in [0.25, 0.3) is 0 Å². The third-order valence-electron chi connectivity index (χ3n) is 8.54. The number of carbonyl (C=O) groups is 1. The zero-order valence-electron chi connectivity index (χ0n) is 31.3. The van der Waals surface area contributed by atoms with Gasteiger partial charge in [0.1, 0.15) is 0 Å². The maximum atomic E-state index is 12.7. The molecule has 0 radical (unpaired) electrons. The van der Waals surface area contributed by atoms with Crippen molar-refractivity contribution in [3.05, 3.63) is 36.5 Å². The lowest BCUT2D eigenvalue weighted by Gasteiger charge is -2.24. The van der Waals surface area contributed by atoms with Crippen molar-refractivity contribution in [2.75, 3.05) is 19.8 Å². The summed E-state index contributed by atoms with van der Waals surface area (Å²) in [5, 5.41) is 23.9. The first-order chi connectivity index (χ1) is 23.8. The lowest BCUT2D eigenvalue weighted by molar-refractivity contribution is -0.124. The number of phosphoric ester groups is 1. The molecule has 0 aromatic rings. The molecule has 0 saturated heterocycles. The average Bonchev–Trinajstić information content (AvgIpc) is 3.07. The largest absolute Gasteiger partial charge is 0.472 e. The minimum absolute atomic E-state index is 0.0475. The van der Waals surface area contributed by atoms with Gasteiger partial charge < -0.3 is 26.2 Å². The van der Waals surface area contributed by atoms with E-state index < -0.39 is 38.6 Å². The standard InChI is InChI=1S/C39H75N2O7P/c1-3-5-7-9-11-13-15-16-17-18-19-20-21-22-24-26-28-30-36(42)34-39(44)41-37(35-48-49(45,46)47-33-32-40)38(43)31-29-27-25-23-14-12-10-8-6-4-2/h11,13,15-16,29,31,36-38,42-43H,3-10,12,14,17-28,30,32-35,40H2,1-2H3,(H,41,44)(H,45,46)/b13-11-,16-15-,31-29+. The first kappa shape index (κ1) is 47.7. The number of rotatable bonds is 36. The number of nitrogens with two attached hydrogens (primary N) is 1. The summed E-state index contributed by atoms with van der Waals surface area (Å²) in [5.41, 5.74) is 5.34. The Balaban J connectivity index is 4.34. The Morgan fingerprint density at radius 1 is 0.714 bits per heavy atom. The molecule has 6 N–H and O–H groups in total. The zero-order chi connectivity index (χ0) is 36.3. The maximum absolute atomic E-state index is 12.7. The number of hydrogen-bond donors (Lipinski definition) is 5. The van der Waals surface area contributed by atoms with Gasteiger partial charge in [0.05, 0.1) is 37.9 Å². The van der Waals surface area contributed by atoms with Crippen molar-refractivity contribution in [1.29, 1.82) is 0 Å². The van der Waals surface area contributed by atoms with E-state index in [4.69, 9.17) is 14.8 Å². The first-order valence-corrected chi connectivity index (χ1v) is 21.2. The minimum atomic E-state index is -4.39. The van der Waals surface area contributed by atoms with E-state index in [9.17, 15) is 24.5 Å². The van der Waals surface area contributed by atoms with Crippen molar-refractivity contribution in [2.45, 2.75) is 186 Å². The number of unbranched alkanes of at least 4 members (excludes halogenated alkanes) is 19. The Kier molecular flexibility index (Phi) is 34.2. The Morgan fingerprint density at radius 3 is 1.73 bits per heavy atom. The Morgan fingerprint density at radius 2 is 1.18 bits per heavy atom. The highest BCUT2D eigenvalue weighted by molar-refractivity contribution is 7.47. The number of allylic oxidation sites excluding steroid dienone is 5. The van der Waals surface area contributed by atoms with Crippen LogP contribution in [0.5, 0.6) is 0 Å². The summed E-state index contributed by atoms with van der Waals surface area (Å²) in [6, 6.07) is -0.982. The van der Waals surface area contributed by atoms with Crippen LogP contribution in [-0.4, -0.2) is 59.0 Å². The molecule has 0 bridgehead atoms. The molecule has 0 fully saturated rings. The van der Waals surface area contributed by atoms with E-state index in [0.717, 1.165) is 44.9 Å². The Hall–Kier alpha value is -1.32. The van der Waals surface area contributed by atoms with Gasteiger partial charge in [-0.25, -0.2) is 4.57 Å². The van der Waals surface area contributed by atoms with Crippen LogP contribution in [0, 0.1) is 0 Å². The molecule has 49 heavy (non-hydrogen) atoms. The third-order valence-corrected chi connectivity index (χ3v) is 9.53. The van der Waals surface area contributed by atoms with Crippen LogP contribution >= 0.6 is 7.82 Å². The molecule has 0 rings (SSSR count). The molecule has 4 atom stereocenters. The Bertz CT molecular complexity index is 883. The number of amides is 1. The zero-order valence-corrected chi connectivity index (χ0v) is 32.2. The second-order valence-electron chi connectivity index (χ2n) is 13.4. The number of aliphatic hydroxyl groups excluding tert-OH is 2. The highest BCUT2D eigenvalue weighted by atomic mass is 31.2. The van der Waals surface area contributed by atoms with E-state index >= 15 is 0 Å². The lowest BCUT2D eigenvalue weighted by atomic mass is 10.0. The summed E-state index contributed by atoms with van der Waals surface area (Å²) in [5.74, 6) is -0.454. The SMILES string of the molecule is CCCCC/C=C\C=C/CCCCCCCCCCC(O)CC(=O)NC(COP(=O)(O)OCCN)C(O)/C=C/CCCCCCCCCC. The van der Waals surface area contributed by atoms with E-state index in [2.05, 4.69) is 43.5 Å². The molecule has 0 aliphatic heterocycles. The van der Waals surface area contributed by atoms with Crippen molar-refractivity contribution >= 4 is 13.7 Å². The van der Waals surface area contributed by atoms with Crippen LogP contribution in [0.25, 0.3) is 0 Å². The van der Waals surface area contributed by atoms with Gasteiger partial charge in [-0.15, -0.1) is 0 Å². The molecule has 9 nitrogen and oxygen atoms in total. The fourth-order valence-corrected chi connectivity index (χ4v) is 6.28. The summed E-state index contributed by atoms with van der Waals surface area (Å²) >= 11 is 0. The molecule has 0 aliphatic rings. The predicted octanol–water partition coefficient (Wildman–Crippen LogP) is 9.36. The van der Waals surface area contributed by atoms with Gasteiger partial charge in [-0.2, -0.15) is 0 Å². The second kappa shape index (κ2) is 35.1. The van der Waals surface area contributed by atoms with Crippen LogP contribution in [-0.2, 0) is 18.4 Å². The van der Waals surface area contributed by atoms with Crippen LogP contribution in [0.1, 0.15) is 168 Å². The van der Waals surface area contributed by atoms with Crippen molar-refractivity contribution in [1.82, 2.24) is 5.32 Å². The summed E-state index contributed by atoms with van der Waals surface area (Å²) in [7, 11) is -4.39. The predicted molar refractivity (Wildman–Crippen MR) is 204 cm³/mol. The summed E-state index contributed by atoms with van der Waals surface area (Å²) in [6.07, 6.45) is 36.6. The normalized spacial score (nSPS) is 15.3. The quantitative estimate of drug-likeness (QED) is 0.0186. The molecule has 0 aromatic carbocycles. The fraction of sp³-hybridized carbons (Fsp3) is 0.821. The molecule has 10 heteroatoms. The summed E-state index contributed by atoms with van der Waals surface area (Å²) in [6.45, 7) is 3.90. The van der Waals surface area contributed by atoms with E-state index in [1.165, 1.54) is 96.3 Å². The molecule has 4 unspecified atom stereocenters. The Labute approximate surface area is 300 Å². The molecule has 288 valence electrons. The second-order valence-corrected chi connectivity index (χ2v) is 14.8. The highest BCUT2D eigenvalue weighted by Crippen LogP contribution is 2.43. The van der Waals surface area contributed by atoms with Gasteiger partial charge in [-0.3, -0.25) is 13.8 Å². The average molecular weight is 715 g/mol. The lowest BCUT2D eigenvalue weighted by Crippen LogP contribution is -2.46. The van der Waals surface area contributed by atoms with Gasteiger partial charge in [0, 0.05) is 6.54 Å². The van der Waals surface area contributed by atoms with Gasteiger partial charge >= 0.3 is 7.82 Å². The molecule has 0 aliphatic carbocycles. The first-order valence-electron chi connectivity index (χ1n) is 19.7. The summed E-state index contributed by atoms with van der Waals surface area (Å²) < 4.78 is 22.0. The van der Waals surface area contributed by atoms with Crippen LogP contribution < -0.4 is 11.1 Å². The third kappa shape index (κ3) is 33.6. The fourth-order valence-electron chi connectivity index (χ4n) is 5.52. The van der Waals surface area contributed by atoms with E-state index in [1.807, 2.05) is 6.08 Å². The number of carbonyl (C=O) groups excluding carboxylic acids is 1. The molecule has 1 amide bonds. The summed E-state index contributed by atoms with van der Waals surface area (Å²) in [4.78, 5) is 22.6. The molecule has 0 spiro atoms. The maximum Gasteiger partial charge on any atom is 0.472 e. The molecular weight excluding hydrogens is 639 g/mol.